The van der Waals surface area contributed by atoms with Gasteiger partial charge in [-0.25, -0.2) is 0 Å². The second-order valence-corrected chi connectivity index (χ2v) is 6.64. The second kappa shape index (κ2) is 7.34. The maximum Gasteiger partial charge on any atom is 0.248 e. The third-order valence-corrected chi connectivity index (χ3v) is 5.05. The van der Waals surface area contributed by atoms with Crippen molar-refractivity contribution in [3.8, 4) is 0 Å². The summed E-state index contributed by atoms with van der Waals surface area (Å²) in [5, 5.41) is 1.62. The van der Waals surface area contributed by atoms with Gasteiger partial charge in [-0.2, -0.15) is 0 Å². The maximum atomic E-state index is 12.7. The average Bonchev–Trinajstić information content (AvgIpc) is 2.95. The van der Waals surface area contributed by atoms with Crippen LogP contribution in [0.3, 0.4) is 0 Å². The molecule has 0 fully saturated rings. The lowest BCUT2D eigenvalue weighted by molar-refractivity contribution is 0.0977. The number of ketones is 1. The molecule has 1 aromatic heterocycles. The Morgan fingerprint density at radius 1 is 1.12 bits per heavy atom. The van der Waals surface area contributed by atoms with Gasteiger partial charge in [0.15, 0.2) is 5.78 Å². The van der Waals surface area contributed by atoms with Crippen molar-refractivity contribution in [1.29, 1.82) is 0 Å². The van der Waals surface area contributed by atoms with Crippen molar-refractivity contribution in [3.63, 3.8) is 0 Å². The Morgan fingerprint density at radius 2 is 1.85 bits per heavy atom. The van der Waals surface area contributed by atoms with Crippen LogP contribution in [-0.2, 0) is 13.0 Å². The van der Waals surface area contributed by atoms with Crippen molar-refractivity contribution in [2.24, 2.45) is 5.73 Å². The molecule has 1 heterocycles. The summed E-state index contributed by atoms with van der Waals surface area (Å²) in [5.74, 6) is -0.412. The van der Waals surface area contributed by atoms with Crippen LogP contribution in [0.25, 0.3) is 10.9 Å². The van der Waals surface area contributed by atoms with Gasteiger partial charge in [-0.15, -0.1) is 0 Å². The molecule has 0 atom stereocenters. The first-order valence-corrected chi connectivity index (χ1v) is 9.07. The zero-order valence-corrected chi connectivity index (χ0v) is 15.6. The minimum atomic E-state index is -0.487. The molecule has 26 heavy (non-hydrogen) atoms. The lowest BCUT2D eigenvalue weighted by Crippen LogP contribution is -2.13. The van der Waals surface area contributed by atoms with Crippen molar-refractivity contribution in [2.45, 2.75) is 33.2 Å². The van der Waals surface area contributed by atoms with Crippen LogP contribution in [0, 0.1) is 0 Å². The van der Waals surface area contributed by atoms with Crippen LogP contribution in [0.15, 0.2) is 42.5 Å². The minimum absolute atomic E-state index is 0.0747. The standard InChI is InChI=1S/C21H21ClN2O2/c1-3-15-16-10-9-13(21(23)26)11-18(16)24(20(15)19(25)4-2)12-14-7-5-6-8-17(14)22/h5-11H,3-4,12H2,1-2H3,(H2,23,26). The lowest BCUT2D eigenvalue weighted by Gasteiger charge is -2.12. The van der Waals surface area contributed by atoms with Crippen LogP contribution in [0.1, 0.15) is 52.2 Å². The molecule has 2 N–H and O–H groups in total. The summed E-state index contributed by atoms with van der Waals surface area (Å²) in [5.41, 5.74) is 9.31. The molecule has 0 aliphatic rings. The number of aryl methyl sites for hydroxylation is 1. The van der Waals surface area contributed by atoms with E-state index in [0.29, 0.717) is 29.2 Å². The van der Waals surface area contributed by atoms with Gasteiger partial charge in [-0.05, 0) is 35.7 Å². The summed E-state index contributed by atoms with van der Waals surface area (Å²) in [6.07, 6.45) is 1.14. The molecule has 3 rings (SSSR count). The van der Waals surface area contributed by atoms with Crippen LogP contribution >= 0.6 is 11.6 Å². The molecule has 0 aliphatic carbocycles. The van der Waals surface area contributed by atoms with E-state index in [2.05, 4.69) is 0 Å². The smallest absolute Gasteiger partial charge is 0.248 e. The van der Waals surface area contributed by atoms with Crippen molar-refractivity contribution >= 4 is 34.2 Å². The van der Waals surface area contributed by atoms with Crippen molar-refractivity contribution in [1.82, 2.24) is 4.57 Å². The number of benzene rings is 2. The summed E-state index contributed by atoms with van der Waals surface area (Å²) < 4.78 is 1.97. The van der Waals surface area contributed by atoms with Gasteiger partial charge in [-0.3, -0.25) is 9.59 Å². The van der Waals surface area contributed by atoms with Gasteiger partial charge in [0.2, 0.25) is 5.91 Å². The number of hydrogen-bond donors (Lipinski definition) is 1. The van der Waals surface area contributed by atoms with Crippen LogP contribution in [0.2, 0.25) is 5.02 Å². The van der Waals surface area contributed by atoms with Crippen LogP contribution in [0.4, 0.5) is 0 Å². The Bertz CT molecular complexity index is 1000. The number of nitrogens with two attached hydrogens (primary N) is 1. The summed E-state index contributed by atoms with van der Waals surface area (Å²) in [4.78, 5) is 24.4. The Hall–Kier alpha value is -2.59. The first-order chi connectivity index (χ1) is 12.5. The van der Waals surface area contributed by atoms with Gasteiger partial charge in [0.1, 0.15) is 0 Å². The lowest BCUT2D eigenvalue weighted by atomic mass is 10.0. The Morgan fingerprint density at radius 3 is 2.46 bits per heavy atom. The molecule has 0 radical (unpaired) electrons. The number of carbonyl (C=O) groups excluding carboxylic acids is 2. The van der Waals surface area contributed by atoms with Crippen molar-refractivity contribution in [3.05, 3.63) is 69.9 Å². The number of rotatable bonds is 6. The third kappa shape index (κ3) is 3.13. The molecular weight excluding hydrogens is 348 g/mol. The number of primary amides is 1. The summed E-state index contributed by atoms with van der Waals surface area (Å²) in [7, 11) is 0. The molecular formula is C21H21ClN2O2. The number of aromatic nitrogens is 1. The SMILES string of the molecule is CCC(=O)c1c(CC)c2ccc(C(N)=O)cc2n1Cc1ccccc1Cl. The van der Waals surface area contributed by atoms with E-state index in [1.807, 2.05) is 48.7 Å². The highest BCUT2D eigenvalue weighted by molar-refractivity contribution is 6.31. The fourth-order valence-corrected chi connectivity index (χ4v) is 3.58. The van der Waals surface area contributed by atoms with Gasteiger partial charge in [0.25, 0.3) is 0 Å². The highest BCUT2D eigenvalue weighted by Crippen LogP contribution is 2.30. The summed E-state index contributed by atoms with van der Waals surface area (Å²) in [6, 6.07) is 12.9. The van der Waals surface area contributed by atoms with E-state index in [-0.39, 0.29) is 5.78 Å². The number of Topliss-reactive ketones (excluding diaryl/α,β-unsaturated/α-hetero) is 1. The number of nitrogens with zero attached hydrogens (tertiary/aromatic N) is 1. The van der Waals surface area contributed by atoms with Gasteiger partial charge < -0.3 is 10.3 Å². The zero-order valence-electron chi connectivity index (χ0n) is 14.9. The van der Waals surface area contributed by atoms with E-state index in [1.165, 1.54) is 0 Å². The topological polar surface area (TPSA) is 65.1 Å². The number of fused-ring (bicyclic) bond motifs is 1. The van der Waals surface area contributed by atoms with Gasteiger partial charge in [0.05, 0.1) is 5.69 Å². The van der Waals surface area contributed by atoms with Gasteiger partial charge in [-0.1, -0.05) is 49.7 Å². The molecule has 4 nitrogen and oxygen atoms in total. The number of halogens is 1. The van der Waals surface area contributed by atoms with Crippen molar-refractivity contribution < 1.29 is 9.59 Å². The minimum Gasteiger partial charge on any atom is -0.366 e. The quantitative estimate of drug-likeness (QED) is 0.646. The molecule has 134 valence electrons. The molecule has 0 unspecified atom stereocenters. The molecule has 0 aliphatic heterocycles. The van der Waals surface area contributed by atoms with E-state index < -0.39 is 5.91 Å². The number of hydrogen-bond acceptors (Lipinski definition) is 2. The average molecular weight is 369 g/mol. The molecule has 3 aromatic rings. The van der Waals surface area contributed by atoms with Crippen molar-refractivity contribution in [2.75, 3.05) is 0 Å². The Balaban J connectivity index is 2.32. The third-order valence-electron chi connectivity index (χ3n) is 4.68. The highest BCUT2D eigenvalue weighted by atomic mass is 35.5. The first kappa shape index (κ1) is 18.2. The van der Waals surface area contributed by atoms with Crippen LogP contribution in [0.5, 0.6) is 0 Å². The molecule has 0 bridgehead atoms. The Kier molecular flexibility index (Phi) is 5.14. The van der Waals surface area contributed by atoms with E-state index in [9.17, 15) is 9.59 Å². The van der Waals surface area contributed by atoms with E-state index in [4.69, 9.17) is 17.3 Å². The summed E-state index contributed by atoms with van der Waals surface area (Å²) in [6.45, 7) is 4.34. The van der Waals surface area contributed by atoms with Gasteiger partial charge >= 0.3 is 0 Å². The molecule has 0 spiro atoms. The van der Waals surface area contributed by atoms with E-state index in [0.717, 1.165) is 28.5 Å². The molecule has 0 saturated carbocycles. The fourth-order valence-electron chi connectivity index (χ4n) is 3.38. The zero-order chi connectivity index (χ0) is 18.8. The second-order valence-electron chi connectivity index (χ2n) is 6.23. The van der Waals surface area contributed by atoms with E-state index in [1.54, 1.807) is 12.1 Å². The predicted molar refractivity (Wildman–Crippen MR) is 105 cm³/mol. The Labute approximate surface area is 157 Å². The maximum absolute atomic E-state index is 12.7. The largest absolute Gasteiger partial charge is 0.366 e. The molecule has 0 saturated heterocycles. The number of amides is 1. The van der Waals surface area contributed by atoms with Crippen LogP contribution < -0.4 is 5.73 Å². The molecule has 2 aromatic carbocycles. The predicted octanol–water partition coefficient (Wildman–Crippen LogP) is 4.60. The highest BCUT2D eigenvalue weighted by Gasteiger charge is 2.22. The van der Waals surface area contributed by atoms with E-state index >= 15 is 0 Å². The number of carbonyl (C=O) groups is 2. The summed E-state index contributed by atoms with van der Waals surface area (Å²) >= 11 is 6.34. The fraction of sp³-hybridized carbons (Fsp3) is 0.238. The monoisotopic (exact) mass is 368 g/mol. The normalized spacial score (nSPS) is 11.0. The van der Waals surface area contributed by atoms with Crippen LogP contribution in [-0.4, -0.2) is 16.3 Å². The molecule has 1 amide bonds. The molecule has 5 heteroatoms. The van der Waals surface area contributed by atoms with Gasteiger partial charge in [0, 0.05) is 34.5 Å². The first-order valence-electron chi connectivity index (χ1n) is 8.69.